The Balaban J connectivity index is 2.50. The zero-order valence-electron chi connectivity index (χ0n) is 10.4. The lowest BCUT2D eigenvalue weighted by Crippen LogP contribution is -2.08. The van der Waals surface area contributed by atoms with Gasteiger partial charge in [-0.2, -0.15) is 10.2 Å². The van der Waals surface area contributed by atoms with Crippen molar-refractivity contribution >= 4 is 0 Å². The van der Waals surface area contributed by atoms with Gasteiger partial charge in [-0.05, 0) is 13.0 Å². The molecule has 1 unspecified atom stereocenters. The largest absolute Gasteiger partial charge is 0.481 e. The topological polar surface area (TPSA) is 65.1 Å². The van der Waals surface area contributed by atoms with Gasteiger partial charge in [0.05, 0.1) is 24.1 Å². The second-order valence-corrected chi connectivity index (χ2v) is 3.91. The van der Waals surface area contributed by atoms with Crippen LogP contribution in [-0.4, -0.2) is 31.8 Å². The molecule has 2 aromatic rings. The summed E-state index contributed by atoms with van der Waals surface area (Å²) in [6.07, 6.45) is 0.864. The summed E-state index contributed by atoms with van der Waals surface area (Å²) in [5, 5.41) is 18.7. The van der Waals surface area contributed by atoms with Gasteiger partial charge in [-0.25, -0.2) is 4.68 Å². The van der Waals surface area contributed by atoms with Crippen LogP contribution in [0.3, 0.4) is 0 Å². The number of methoxy groups -OCH3 is 1. The van der Waals surface area contributed by atoms with Gasteiger partial charge in [-0.3, -0.25) is 4.68 Å². The van der Waals surface area contributed by atoms with Gasteiger partial charge >= 0.3 is 0 Å². The monoisotopic (exact) mass is 236 g/mol. The average molecular weight is 236 g/mol. The van der Waals surface area contributed by atoms with E-state index in [-0.39, 0.29) is 0 Å². The van der Waals surface area contributed by atoms with Crippen molar-refractivity contribution in [3.05, 3.63) is 29.2 Å². The summed E-state index contributed by atoms with van der Waals surface area (Å²) in [6.45, 7) is 1.84. The van der Waals surface area contributed by atoms with E-state index in [9.17, 15) is 5.11 Å². The molecule has 92 valence electrons. The number of aromatic nitrogens is 4. The summed E-state index contributed by atoms with van der Waals surface area (Å²) < 4.78 is 8.52. The maximum atomic E-state index is 10.4. The molecule has 0 spiro atoms. The molecule has 2 rings (SSSR count). The SMILES string of the molecule is COc1c(C(O)c2ccnn2C)c(C)nn1C. The van der Waals surface area contributed by atoms with Crippen molar-refractivity contribution < 1.29 is 9.84 Å². The summed E-state index contributed by atoms with van der Waals surface area (Å²) in [5.74, 6) is 0.566. The van der Waals surface area contributed by atoms with Gasteiger partial charge in [-0.15, -0.1) is 0 Å². The van der Waals surface area contributed by atoms with E-state index in [1.807, 2.05) is 6.92 Å². The van der Waals surface area contributed by atoms with Gasteiger partial charge < -0.3 is 9.84 Å². The molecule has 0 radical (unpaired) electrons. The van der Waals surface area contributed by atoms with Crippen LogP contribution in [0, 0.1) is 6.92 Å². The first-order chi connectivity index (χ1) is 8.06. The molecule has 0 aliphatic carbocycles. The van der Waals surface area contributed by atoms with Crippen LogP contribution in [0.1, 0.15) is 23.1 Å². The van der Waals surface area contributed by atoms with E-state index in [1.165, 1.54) is 0 Å². The third kappa shape index (κ3) is 1.80. The molecule has 2 aromatic heterocycles. The summed E-state index contributed by atoms with van der Waals surface area (Å²) in [5.41, 5.74) is 2.14. The lowest BCUT2D eigenvalue weighted by atomic mass is 10.1. The van der Waals surface area contributed by atoms with Gasteiger partial charge in [0.2, 0.25) is 5.88 Å². The molecule has 0 aromatic carbocycles. The first-order valence-electron chi connectivity index (χ1n) is 5.29. The first-order valence-corrected chi connectivity index (χ1v) is 5.29. The third-order valence-electron chi connectivity index (χ3n) is 2.82. The number of hydrogen-bond donors (Lipinski definition) is 1. The number of aliphatic hydroxyl groups is 1. The predicted molar refractivity (Wildman–Crippen MR) is 61.8 cm³/mol. The molecule has 17 heavy (non-hydrogen) atoms. The van der Waals surface area contributed by atoms with Gasteiger partial charge in [-0.1, -0.05) is 0 Å². The minimum absolute atomic E-state index is 0.566. The van der Waals surface area contributed by atoms with Crippen molar-refractivity contribution in [2.45, 2.75) is 13.0 Å². The minimum atomic E-state index is -0.786. The van der Waals surface area contributed by atoms with E-state index in [2.05, 4.69) is 10.2 Å². The van der Waals surface area contributed by atoms with Crippen molar-refractivity contribution in [1.29, 1.82) is 0 Å². The molecule has 2 heterocycles. The molecule has 0 aliphatic rings. The molecule has 6 nitrogen and oxygen atoms in total. The summed E-state index contributed by atoms with van der Waals surface area (Å²) in [6, 6.07) is 1.77. The Morgan fingerprint density at radius 3 is 2.59 bits per heavy atom. The first kappa shape index (κ1) is 11.7. The highest BCUT2D eigenvalue weighted by molar-refractivity contribution is 5.37. The van der Waals surface area contributed by atoms with E-state index in [4.69, 9.17) is 4.74 Å². The van der Waals surface area contributed by atoms with Crippen molar-refractivity contribution in [2.24, 2.45) is 14.1 Å². The Bertz CT molecular complexity index is 530. The van der Waals surface area contributed by atoms with Crippen LogP contribution in [0.4, 0.5) is 0 Å². The Hall–Kier alpha value is -1.82. The molecule has 0 fully saturated rings. The Labute approximate surface area is 99.4 Å². The van der Waals surface area contributed by atoms with Crippen molar-refractivity contribution in [2.75, 3.05) is 7.11 Å². The maximum absolute atomic E-state index is 10.4. The van der Waals surface area contributed by atoms with Gasteiger partial charge in [0.25, 0.3) is 0 Å². The lowest BCUT2D eigenvalue weighted by Gasteiger charge is -2.12. The van der Waals surface area contributed by atoms with E-state index >= 15 is 0 Å². The van der Waals surface area contributed by atoms with Crippen LogP contribution >= 0.6 is 0 Å². The fraction of sp³-hybridized carbons (Fsp3) is 0.455. The molecule has 1 N–H and O–H groups in total. The molecular formula is C11H16N4O2. The van der Waals surface area contributed by atoms with Crippen LogP contribution in [0.2, 0.25) is 0 Å². The summed E-state index contributed by atoms with van der Waals surface area (Å²) in [4.78, 5) is 0. The quantitative estimate of drug-likeness (QED) is 0.845. The minimum Gasteiger partial charge on any atom is -0.481 e. The number of rotatable bonds is 3. The van der Waals surface area contributed by atoms with Gasteiger partial charge in [0, 0.05) is 20.3 Å². The van der Waals surface area contributed by atoms with E-state index in [1.54, 1.807) is 42.8 Å². The Morgan fingerprint density at radius 2 is 2.06 bits per heavy atom. The number of nitrogens with zero attached hydrogens (tertiary/aromatic N) is 4. The van der Waals surface area contributed by atoms with Gasteiger partial charge in [0.15, 0.2) is 0 Å². The van der Waals surface area contributed by atoms with Crippen molar-refractivity contribution in [1.82, 2.24) is 19.6 Å². The zero-order chi connectivity index (χ0) is 12.6. The molecule has 6 heteroatoms. The molecule has 0 saturated heterocycles. The number of hydrogen-bond acceptors (Lipinski definition) is 4. The zero-order valence-corrected chi connectivity index (χ0v) is 10.4. The van der Waals surface area contributed by atoms with Gasteiger partial charge in [0.1, 0.15) is 6.10 Å². The molecule has 1 atom stereocenters. The second-order valence-electron chi connectivity index (χ2n) is 3.91. The predicted octanol–water partition coefficient (Wildman–Crippen LogP) is 0.552. The highest BCUT2D eigenvalue weighted by Gasteiger charge is 2.24. The smallest absolute Gasteiger partial charge is 0.217 e. The molecule has 0 saturated carbocycles. The van der Waals surface area contributed by atoms with Crippen LogP contribution < -0.4 is 4.74 Å². The van der Waals surface area contributed by atoms with E-state index in [0.29, 0.717) is 17.1 Å². The van der Waals surface area contributed by atoms with E-state index in [0.717, 1.165) is 5.69 Å². The molecular weight excluding hydrogens is 220 g/mol. The third-order valence-corrected chi connectivity index (χ3v) is 2.82. The Morgan fingerprint density at radius 1 is 1.35 bits per heavy atom. The standard InChI is InChI=1S/C11H16N4O2/c1-7-9(11(17-4)15(3)13-7)10(16)8-5-6-12-14(8)2/h5-6,10,16H,1-4H3. The molecule has 0 amide bonds. The number of aliphatic hydroxyl groups excluding tert-OH is 1. The lowest BCUT2D eigenvalue weighted by molar-refractivity contribution is 0.203. The summed E-state index contributed by atoms with van der Waals surface area (Å²) in [7, 11) is 5.14. The van der Waals surface area contributed by atoms with Crippen LogP contribution in [0.5, 0.6) is 5.88 Å². The van der Waals surface area contributed by atoms with Crippen molar-refractivity contribution in [3.63, 3.8) is 0 Å². The highest BCUT2D eigenvalue weighted by Crippen LogP contribution is 2.31. The maximum Gasteiger partial charge on any atom is 0.217 e. The number of aryl methyl sites for hydroxylation is 3. The average Bonchev–Trinajstić information content (AvgIpc) is 2.81. The van der Waals surface area contributed by atoms with Crippen LogP contribution in [0.15, 0.2) is 12.3 Å². The summed E-state index contributed by atoms with van der Waals surface area (Å²) >= 11 is 0. The van der Waals surface area contributed by atoms with Crippen LogP contribution in [0.25, 0.3) is 0 Å². The fourth-order valence-electron chi connectivity index (χ4n) is 2.01. The van der Waals surface area contributed by atoms with Crippen LogP contribution in [-0.2, 0) is 14.1 Å². The van der Waals surface area contributed by atoms with E-state index < -0.39 is 6.10 Å². The fourth-order valence-corrected chi connectivity index (χ4v) is 2.01. The normalized spacial score (nSPS) is 12.8. The van der Waals surface area contributed by atoms with Crippen molar-refractivity contribution in [3.8, 4) is 5.88 Å². The second kappa shape index (κ2) is 4.21. The Kier molecular flexibility index (Phi) is 2.89. The highest BCUT2D eigenvalue weighted by atomic mass is 16.5. The molecule has 0 aliphatic heterocycles. The molecule has 0 bridgehead atoms. The number of ether oxygens (including phenoxy) is 1.